The molecule has 0 nitrogen and oxygen atoms in total. The van der Waals surface area contributed by atoms with Crippen molar-refractivity contribution >= 4 is 0 Å². The van der Waals surface area contributed by atoms with Crippen molar-refractivity contribution in [3.8, 4) is 0 Å². The predicted octanol–water partition coefficient (Wildman–Crippen LogP) is 8.44. The summed E-state index contributed by atoms with van der Waals surface area (Å²) < 4.78 is 0. The van der Waals surface area contributed by atoms with E-state index in [0.29, 0.717) is 5.41 Å². The van der Waals surface area contributed by atoms with E-state index in [2.05, 4.69) is 46.8 Å². The van der Waals surface area contributed by atoms with Gasteiger partial charge in [-0.1, -0.05) is 85.6 Å². The van der Waals surface area contributed by atoms with Crippen LogP contribution in [0.3, 0.4) is 0 Å². The number of allylic oxidation sites excluding steroid dienone is 4. The van der Waals surface area contributed by atoms with E-state index < -0.39 is 0 Å². The zero-order valence-electron chi connectivity index (χ0n) is 18.2. The van der Waals surface area contributed by atoms with Crippen LogP contribution in [0, 0.1) is 23.2 Å². The van der Waals surface area contributed by atoms with Crippen molar-refractivity contribution in [3.05, 3.63) is 23.3 Å². The zero-order chi connectivity index (χ0) is 18.6. The molecule has 138 valence electrons. The Morgan fingerprint density at radius 2 is 1.48 bits per heavy atom. The van der Waals surface area contributed by atoms with Gasteiger partial charge in [0.15, 0.2) is 0 Å². The molecule has 0 N–H and O–H groups in total. The third kappa shape index (κ3) is 6.86. The molecule has 0 fully saturated rings. The topological polar surface area (TPSA) is 0 Å². The minimum absolute atomic E-state index is 0.439. The van der Waals surface area contributed by atoms with E-state index in [4.69, 9.17) is 0 Å². The standard InChI is InChI=1S/C17H28.3C2H6/c1-12-7-6-8-15(14(12)3)11-16-10-9-13(2)17(16,4)5;3*1-2/h7,9,14-16H,6,8,10-11H2,1-5H3;3*1-2H3. The molecule has 3 unspecified atom stereocenters. The van der Waals surface area contributed by atoms with Crippen LogP contribution < -0.4 is 0 Å². The molecular weight excluding hydrogens is 276 g/mol. The van der Waals surface area contributed by atoms with Gasteiger partial charge in [-0.25, -0.2) is 0 Å². The van der Waals surface area contributed by atoms with E-state index in [0.717, 1.165) is 17.8 Å². The molecule has 0 radical (unpaired) electrons. The fraction of sp³-hybridized carbons (Fsp3) is 0.826. The van der Waals surface area contributed by atoms with Crippen LogP contribution in [0.5, 0.6) is 0 Å². The molecule has 0 heteroatoms. The van der Waals surface area contributed by atoms with Crippen molar-refractivity contribution in [2.75, 3.05) is 0 Å². The fourth-order valence-electron chi connectivity index (χ4n) is 3.61. The van der Waals surface area contributed by atoms with Crippen LogP contribution in [0.2, 0.25) is 0 Å². The maximum absolute atomic E-state index is 2.47. The Kier molecular flexibility index (Phi) is 13.8. The first-order valence-corrected chi connectivity index (χ1v) is 10.3. The molecular formula is C23H46. The van der Waals surface area contributed by atoms with Gasteiger partial charge < -0.3 is 0 Å². The molecule has 0 bridgehead atoms. The molecule has 0 spiro atoms. The Bertz CT molecular complexity index is 343. The fourth-order valence-corrected chi connectivity index (χ4v) is 3.61. The van der Waals surface area contributed by atoms with Crippen LogP contribution in [0.4, 0.5) is 0 Å². The third-order valence-corrected chi connectivity index (χ3v) is 5.76. The van der Waals surface area contributed by atoms with Gasteiger partial charge in [-0.15, -0.1) is 0 Å². The van der Waals surface area contributed by atoms with E-state index in [1.165, 1.54) is 25.7 Å². The van der Waals surface area contributed by atoms with Gasteiger partial charge >= 0.3 is 0 Å². The van der Waals surface area contributed by atoms with Gasteiger partial charge in [-0.2, -0.15) is 0 Å². The highest BCUT2D eigenvalue weighted by atomic mass is 14.4. The molecule has 0 saturated carbocycles. The maximum atomic E-state index is 2.47. The maximum Gasteiger partial charge on any atom is -0.0116 e. The molecule has 23 heavy (non-hydrogen) atoms. The van der Waals surface area contributed by atoms with Gasteiger partial charge in [0, 0.05) is 0 Å². The van der Waals surface area contributed by atoms with Crippen LogP contribution in [0.25, 0.3) is 0 Å². The monoisotopic (exact) mass is 322 g/mol. The SMILES string of the molecule is CC.CC.CC.CC1=CCCC(CC2CC=C(C)C2(C)C)C1C. The Morgan fingerprint density at radius 3 is 1.91 bits per heavy atom. The van der Waals surface area contributed by atoms with Crippen molar-refractivity contribution in [2.45, 2.75) is 102 Å². The molecule has 0 aromatic heterocycles. The number of hydrogen-bond donors (Lipinski definition) is 0. The lowest BCUT2D eigenvalue weighted by atomic mass is 9.69. The summed E-state index contributed by atoms with van der Waals surface area (Å²) in [5.41, 5.74) is 3.68. The van der Waals surface area contributed by atoms with Crippen LogP contribution >= 0.6 is 0 Å². The molecule has 0 amide bonds. The van der Waals surface area contributed by atoms with Crippen LogP contribution in [-0.4, -0.2) is 0 Å². The predicted molar refractivity (Wildman–Crippen MR) is 110 cm³/mol. The van der Waals surface area contributed by atoms with Gasteiger partial charge in [0.05, 0.1) is 0 Å². The van der Waals surface area contributed by atoms with Gasteiger partial charge in [0.25, 0.3) is 0 Å². The van der Waals surface area contributed by atoms with Crippen molar-refractivity contribution in [3.63, 3.8) is 0 Å². The Labute approximate surface area is 148 Å². The number of rotatable bonds is 2. The van der Waals surface area contributed by atoms with Crippen LogP contribution in [-0.2, 0) is 0 Å². The molecule has 2 rings (SSSR count). The van der Waals surface area contributed by atoms with Crippen molar-refractivity contribution in [1.29, 1.82) is 0 Å². The molecule has 3 atom stereocenters. The lowest BCUT2D eigenvalue weighted by Crippen LogP contribution is -2.26. The van der Waals surface area contributed by atoms with Crippen LogP contribution in [0.1, 0.15) is 102 Å². The van der Waals surface area contributed by atoms with Gasteiger partial charge in [-0.05, 0) is 62.7 Å². The van der Waals surface area contributed by atoms with E-state index in [1.54, 1.807) is 11.1 Å². The summed E-state index contributed by atoms with van der Waals surface area (Å²) in [5, 5.41) is 0. The Balaban J connectivity index is 0. The van der Waals surface area contributed by atoms with Crippen LogP contribution in [0.15, 0.2) is 23.3 Å². The molecule has 0 saturated heterocycles. The quantitative estimate of drug-likeness (QED) is 0.447. The summed E-state index contributed by atoms with van der Waals surface area (Å²) >= 11 is 0. The summed E-state index contributed by atoms with van der Waals surface area (Å²) in [7, 11) is 0. The minimum atomic E-state index is 0.439. The summed E-state index contributed by atoms with van der Waals surface area (Å²) in [5.74, 6) is 2.60. The highest BCUT2D eigenvalue weighted by Gasteiger charge is 2.37. The summed E-state index contributed by atoms with van der Waals surface area (Å²) in [6.45, 7) is 23.9. The summed E-state index contributed by atoms with van der Waals surface area (Å²) in [4.78, 5) is 0. The average Bonchev–Trinajstić information content (AvgIpc) is 2.84. The van der Waals surface area contributed by atoms with Crippen molar-refractivity contribution in [1.82, 2.24) is 0 Å². The first-order chi connectivity index (χ1) is 10.9. The van der Waals surface area contributed by atoms with E-state index >= 15 is 0 Å². The molecule has 2 aliphatic carbocycles. The highest BCUT2D eigenvalue weighted by Crippen LogP contribution is 2.48. The van der Waals surface area contributed by atoms with Crippen molar-refractivity contribution in [2.24, 2.45) is 23.2 Å². The zero-order valence-corrected chi connectivity index (χ0v) is 18.2. The second-order valence-electron chi connectivity index (χ2n) is 6.85. The molecule has 0 heterocycles. The number of hydrogen-bond acceptors (Lipinski definition) is 0. The lowest BCUT2D eigenvalue weighted by Gasteiger charge is -2.36. The van der Waals surface area contributed by atoms with Gasteiger partial charge in [0.2, 0.25) is 0 Å². The Morgan fingerprint density at radius 1 is 0.957 bits per heavy atom. The first kappa shape index (κ1) is 24.7. The van der Waals surface area contributed by atoms with E-state index in [-0.39, 0.29) is 0 Å². The molecule has 0 aliphatic heterocycles. The summed E-state index contributed by atoms with van der Waals surface area (Å²) in [6, 6.07) is 0. The van der Waals surface area contributed by atoms with Gasteiger partial charge in [-0.3, -0.25) is 0 Å². The Hall–Kier alpha value is -0.520. The second kappa shape index (κ2) is 12.8. The normalized spacial score (nSPS) is 27.9. The third-order valence-electron chi connectivity index (χ3n) is 5.76. The van der Waals surface area contributed by atoms with Crippen molar-refractivity contribution < 1.29 is 0 Å². The highest BCUT2D eigenvalue weighted by molar-refractivity contribution is 5.19. The molecule has 0 aromatic carbocycles. The largest absolute Gasteiger partial charge is 0.0853 e. The second-order valence-corrected chi connectivity index (χ2v) is 6.85. The first-order valence-electron chi connectivity index (χ1n) is 10.3. The smallest absolute Gasteiger partial charge is 0.0116 e. The summed E-state index contributed by atoms with van der Waals surface area (Å²) in [6.07, 6.45) is 10.4. The van der Waals surface area contributed by atoms with E-state index in [9.17, 15) is 0 Å². The van der Waals surface area contributed by atoms with Gasteiger partial charge in [0.1, 0.15) is 0 Å². The average molecular weight is 323 g/mol. The minimum Gasteiger partial charge on any atom is -0.0853 e. The molecule has 0 aromatic rings. The lowest BCUT2D eigenvalue weighted by molar-refractivity contribution is 0.201. The molecule has 2 aliphatic rings. The van der Waals surface area contributed by atoms with E-state index in [1.807, 2.05) is 41.5 Å².